The van der Waals surface area contributed by atoms with E-state index in [-0.39, 0.29) is 12.7 Å². The quantitative estimate of drug-likeness (QED) is 0.814. The molecule has 8 heteroatoms. The van der Waals surface area contributed by atoms with Crippen LogP contribution in [0.1, 0.15) is 5.56 Å². The lowest BCUT2D eigenvalue weighted by molar-refractivity contribution is -0.129. The zero-order valence-electron chi connectivity index (χ0n) is 14.9. The highest BCUT2D eigenvalue weighted by Gasteiger charge is 2.22. The third-order valence-corrected chi connectivity index (χ3v) is 4.67. The summed E-state index contributed by atoms with van der Waals surface area (Å²) in [5.41, 5.74) is 1.10. The zero-order valence-corrected chi connectivity index (χ0v) is 14.9. The summed E-state index contributed by atoms with van der Waals surface area (Å²) in [6.07, 6.45) is 1.55. The second kappa shape index (κ2) is 6.70. The zero-order chi connectivity index (χ0) is 18.1. The molecule has 1 aromatic heterocycles. The Balaban J connectivity index is 1.48. The Labute approximate surface area is 152 Å². The highest BCUT2D eigenvalue weighted by Crippen LogP contribution is 2.33. The van der Waals surface area contributed by atoms with E-state index in [9.17, 15) is 4.79 Å². The molecule has 1 aromatic carbocycles. The van der Waals surface area contributed by atoms with Gasteiger partial charge in [0.2, 0.25) is 12.7 Å². The van der Waals surface area contributed by atoms with Crippen LogP contribution in [-0.2, 0) is 11.3 Å². The predicted molar refractivity (Wildman–Crippen MR) is 96.6 cm³/mol. The number of carbonyl (C=O) groups excluding carboxylic acids is 1. The molecule has 3 heterocycles. The number of rotatable bonds is 4. The Hall–Kier alpha value is -3.03. The number of ether oxygens (including phenoxy) is 2. The molecule has 0 saturated carbocycles. The molecule has 136 valence electrons. The minimum absolute atomic E-state index is 0.102. The number of piperazine rings is 1. The second-order valence-corrected chi connectivity index (χ2v) is 6.51. The fraction of sp³-hybridized carbons (Fsp3) is 0.389. The highest BCUT2D eigenvalue weighted by molar-refractivity contribution is 5.82. The summed E-state index contributed by atoms with van der Waals surface area (Å²) in [5, 5.41) is 0. The summed E-state index contributed by atoms with van der Waals surface area (Å²) in [7, 11) is 3.80. The number of benzene rings is 1. The van der Waals surface area contributed by atoms with E-state index in [1.807, 2.05) is 48.2 Å². The maximum atomic E-state index is 11.9. The number of nitrogens with zero attached hydrogens (tertiary/aromatic N) is 5. The Bertz CT molecular complexity index is 828. The molecule has 0 spiro atoms. The Morgan fingerprint density at radius 3 is 2.85 bits per heavy atom. The van der Waals surface area contributed by atoms with Crippen molar-refractivity contribution in [3.63, 3.8) is 0 Å². The SMILES string of the molecule is CN1CCN(c2cc(N(C)Cc3ccc4c(c3)OCO4)ncn2)CC1=O. The standard InChI is InChI=1S/C18H21N5O3/c1-21-5-6-23(10-18(21)24)17-8-16(19-11-20-17)22(2)9-13-3-4-14-15(7-13)26-12-25-14/h3-4,7-8,11H,5-6,9-10,12H2,1-2H3. The van der Waals surface area contributed by atoms with E-state index in [1.54, 1.807) is 11.2 Å². The van der Waals surface area contributed by atoms with Crippen LogP contribution in [0.4, 0.5) is 11.6 Å². The van der Waals surface area contributed by atoms with Gasteiger partial charge in [0, 0.05) is 39.8 Å². The highest BCUT2D eigenvalue weighted by atomic mass is 16.7. The lowest BCUT2D eigenvalue weighted by Gasteiger charge is -2.33. The van der Waals surface area contributed by atoms with Crippen LogP contribution in [-0.4, -0.2) is 61.3 Å². The summed E-state index contributed by atoms with van der Waals surface area (Å²) in [6, 6.07) is 7.85. The van der Waals surface area contributed by atoms with E-state index in [0.717, 1.165) is 35.2 Å². The number of likely N-dealkylation sites (N-methyl/N-ethyl adjacent to an activating group) is 1. The van der Waals surface area contributed by atoms with Gasteiger partial charge in [0.1, 0.15) is 18.0 Å². The van der Waals surface area contributed by atoms with E-state index in [4.69, 9.17) is 9.47 Å². The van der Waals surface area contributed by atoms with Gasteiger partial charge in [-0.2, -0.15) is 0 Å². The first-order valence-corrected chi connectivity index (χ1v) is 8.51. The van der Waals surface area contributed by atoms with Gasteiger partial charge >= 0.3 is 0 Å². The van der Waals surface area contributed by atoms with Gasteiger partial charge in [-0.25, -0.2) is 9.97 Å². The van der Waals surface area contributed by atoms with E-state index < -0.39 is 0 Å². The molecule has 0 atom stereocenters. The molecule has 2 aliphatic heterocycles. The van der Waals surface area contributed by atoms with Crippen molar-refractivity contribution in [1.82, 2.24) is 14.9 Å². The fourth-order valence-electron chi connectivity index (χ4n) is 3.07. The van der Waals surface area contributed by atoms with Gasteiger partial charge in [0.15, 0.2) is 11.5 Å². The monoisotopic (exact) mass is 355 g/mol. The first-order chi connectivity index (χ1) is 12.6. The number of hydrogen-bond acceptors (Lipinski definition) is 7. The minimum atomic E-state index is 0.102. The summed E-state index contributed by atoms with van der Waals surface area (Å²) < 4.78 is 10.8. The molecule has 0 aliphatic carbocycles. The van der Waals surface area contributed by atoms with Gasteiger partial charge in [-0.3, -0.25) is 4.79 Å². The molecule has 1 fully saturated rings. The van der Waals surface area contributed by atoms with E-state index in [1.165, 1.54) is 0 Å². The van der Waals surface area contributed by atoms with Gasteiger partial charge in [0.25, 0.3) is 0 Å². The number of fused-ring (bicyclic) bond motifs is 1. The molecule has 2 aromatic rings. The molecule has 8 nitrogen and oxygen atoms in total. The first kappa shape index (κ1) is 16.4. The normalized spacial score (nSPS) is 16.2. The molecule has 1 saturated heterocycles. The largest absolute Gasteiger partial charge is 0.454 e. The van der Waals surface area contributed by atoms with Crippen LogP contribution in [0, 0.1) is 0 Å². The van der Waals surface area contributed by atoms with Crippen molar-refractivity contribution in [2.75, 3.05) is 50.3 Å². The molecule has 0 bridgehead atoms. The van der Waals surface area contributed by atoms with E-state index in [0.29, 0.717) is 19.6 Å². The van der Waals surface area contributed by atoms with Crippen molar-refractivity contribution in [3.8, 4) is 11.5 Å². The van der Waals surface area contributed by atoms with Crippen LogP contribution in [0.3, 0.4) is 0 Å². The van der Waals surface area contributed by atoms with Gasteiger partial charge < -0.3 is 24.2 Å². The summed E-state index contributed by atoms with van der Waals surface area (Å²) in [6.45, 7) is 2.76. The minimum Gasteiger partial charge on any atom is -0.454 e. The number of carbonyl (C=O) groups is 1. The maximum Gasteiger partial charge on any atom is 0.241 e. The van der Waals surface area contributed by atoms with Crippen LogP contribution in [0.5, 0.6) is 11.5 Å². The molecule has 0 unspecified atom stereocenters. The average molecular weight is 355 g/mol. The van der Waals surface area contributed by atoms with Gasteiger partial charge in [-0.15, -0.1) is 0 Å². The summed E-state index contributed by atoms with van der Waals surface area (Å²) in [5.74, 6) is 3.23. The topological polar surface area (TPSA) is 71.0 Å². The number of anilines is 2. The van der Waals surface area contributed by atoms with Crippen molar-refractivity contribution in [2.45, 2.75) is 6.54 Å². The molecule has 2 aliphatic rings. The van der Waals surface area contributed by atoms with Crippen molar-refractivity contribution in [1.29, 1.82) is 0 Å². The van der Waals surface area contributed by atoms with Gasteiger partial charge in [-0.1, -0.05) is 6.07 Å². The van der Waals surface area contributed by atoms with E-state index in [2.05, 4.69) is 9.97 Å². The lowest BCUT2D eigenvalue weighted by Crippen LogP contribution is -2.48. The fourth-order valence-corrected chi connectivity index (χ4v) is 3.07. The molecule has 26 heavy (non-hydrogen) atoms. The molecular weight excluding hydrogens is 334 g/mol. The van der Waals surface area contributed by atoms with Crippen molar-refractivity contribution >= 4 is 17.5 Å². The maximum absolute atomic E-state index is 11.9. The predicted octanol–water partition coefficient (Wildman–Crippen LogP) is 1.12. The lowest BCUT2D eigenvalue weighted by atomic mass is 10.2. The molecule has 0 radical (unpaired) electrons. The Kier molecular flexibility index (Phi) is 4.24. The van der Waals surface area contributed by atoms with Gasteiger partial charge in [-0.05, 0) is 17.7 Å². The average Bonchev–Trinajstić information content (AvgIpc) is 3.12. The third kappa shape index (κ3) is 3.22. The van der Waals surface area contributed by atoms with Crippen molar-refractivity contribution in [3.05, 3.63) is 36.2 Å². The first-order valence-electron chi connectivity index (χ1n) is 8.51. The van der Waals surface area contributed by atoms with Crippen molar-refractivity contribution < 1.29 is 14.3 Å². The molecular formula is C18H21N5O3. The van der Waals surface area contributed by atoms with Crippen molar-refractivity contribution in [2.24, 2.45) is 0 Å². The smallest absolute Gasteiger partial charge is 0.241 e. The second-order valence-electron chi connectivity index (χ2n) is 6.51. The number of aromatic nitrogens is 2. The van der Waals surface area contributed by atoms with Crippen LogP contribution in [0.15, 0.2) is 30.6 Å². The van der Waals surface area contributed by atoms with Crippen LogP contribution < -0.4 is 19.3 Å². The molecule has 0 N–H and O–H groups in total. The summed E-state index contributed by atoms with van der Waals surface area (Å²) >= 11 is 0. The van der Waals surface area contributed by atoms with Crippen LogP contribution in [0.2, 0.25) is 0 Å². The summed E-state index contributed by atoms with van der Waals surface area (Å²) in [4.78, 5) is 26.4. The molecule has 4 rings (SSSR count). The third-order valence-electron chi connectivity index (χ3n) is 4.67. The van der Waals surface area contributed by atoms with Crippen LogP contribution in [0.25, 0.3) is 0 Å². The molecule has 1 amide bonds. The Morgan fingerprint density at radius 1 is 1.15 bits per heavy atom. The Morgan fingerprint density at radius 2 is 2.00 bits per heavy atom. The number of hydrogen-bond donors (Lipinski definition) is 0. The van der Waals surface area contributed by atoms with E-state index >= 15 is 0 Å². The van der Waals surface area contributed by atoms with Crippen LogP contribution >= 0.6 is 0 Å². The number of amides is 1. The van der Waals surface area contributed by atoms with Gasteiger partial charge in [0.05, 0.1) is 6.54 Å².